The monoisotopic (exact) mass is 437 g/mol. The summed E-state index contributed by atoms with van der Waals surface area (Å²) in [4.78, 5) is 15.0. The second-order valence-corrected chi connectivity index (χ2v) is 8.88. The third-order valence-electron chi connectivity index (χ3n) is 6.58. The van der Waals surface area contributed by atoms with Gasteiger partial charge in [0.15, 0.2) is 0 Å². The van der Waals surface area contributed by atoms with Gasteiger partial charge in [-0.2, -0.15) is 0 Å². The van der Waals surface area contributed by atoms with Gasteiger partial charge in [-0.3, -0.25) is 4.79 Å². The summed E-state index contributed by atoms with van der Waals surface area (Å²) in [5.41, 5.74) is 1.69. The molecule has 2 heterocycles. The number of hydrogen-bond acceptors (Lipinski definition) is 4. The summed E-state index contributed by atoms with van der Waals surface area (Å²) < 4.78 is 18.4. The topological polar surface area (TPSA) is 48.0 Å². The maximum Gasteiger partial charge on any atom is 0.253 e. The lowest BCUT2D eigenvalue weighted by atomic mass is 9.80. The molecule has 0 unspecified atom stereocenters. The Balaban J connectivity index is 1.41. The van der Waals surface area contributed by atoms with E-state index in [0.717, 1.165) is 37.9 Å². The highest BCUT2D eigenvalue weighted by Gasteiger charge is 2.45. The van der Waals surface area contributed by atoms with Crippen LogP contribution >= 0.6 is 0 Å². The Morgan fingerprint density at radius 3 is 2.44 bits per heavy atom. The first-order valence-electron chi connectivity index (χ1n) is 12.0. The maximum atomic E-state index is 13.1. The van der Waals surface area contributed by atoms with Gasteiger partial charge in [0, 0.05) is 38.1 Å². The average molecular weight is 438 g/mol. The number of hydrogen-bond donors (Lipinski definition) is 0. The lowest BCUT2D eigenvalue weighted by Crippen LogP contribution is -2.52. The lowest BCUT2D eigenvalue weighted by Gasteiger charge is -2.48. The third-order valence-corrected chi connectivity index (χ3v) is 6.58. The Morgan fingerprint density at radius 1 is 1.06 bits per heavy atom. The molecule has 5 heteroatoms. The summed E-state index contributed by atoms with van der Waals surface area (Å²) in [6, 6.07) is 17.9. The number of nitrogens with zero attached hydrogens (tertiary/aromatic N) is 1. The number of benzene rings is 2. The summed E-state index contributed by atoms with van der Waals surface area (Å²) in [5.74, 6) is 0.893. The summed E-state index contributed by atoms with van der Waals surface area (Å²) in [5, 5.41) is 0. The number of likely N-dealkylation sites (tertiary alicyclic amines) is 1. The molecule has 172 valence electrons. The fraction of sp³-hybridized carbons (Fsp3) is 0.519. The molecule has 2 aromatic carbocycles. The Labute approximate surface area is 191 Å². The van der Waals surface area contributed by atoms with Gasteiger partial charge >= 0.3 is 0 Å². The number of ether oxygens (including phenoxy) is 3. The molecule has 2 aliphatic rings. The van der Waals surface area contributed by atoms with Crippen molar-refractivity contribution in [3.63, 3.8) is 0 Å². The second-order valence-electron chi connectivity index (χ2n) is 8.88. The van der Waals surface area contributed by atoms with E-state index in [1.165, 1.54) is 5.56 Å². The standard InChI is InChI=1S/C27H35NO4/c1-3-18-31-23-12-10-22(11-13-23)26(29)28-16-14-27(15-17-28)20-24(30-4-2)19-25(32-27)21-8-6-5-7-9-21/h5-13,24-25H,3-4,14-20H2,1-2H3/t24-,25-/m0/s1. The first-order valence-corrected chi connectivity index (χ1v) is 12.0. The van der Waals surface area contributed by atoms with Crippen LogP contribution in [0.15, 0.2) is 54.6 Å². The van der Waals surface area contributed by atoms with Crippen molar-refractivity contribution in [2.75, 3.05) is 26.3 Å². The molecule has 2 atom stereocenters. The molecule has 5 nitrogen and oxygen atoms in total. The van der Waals surface area contributed by atoms with E-state index in [0.29, 0.717) is 31.9 Å². The summed E-state index contributed by atoms with van der Waals surface area (Å²) >= 11 is 0. The predicted octanol–water partition coefficient (Wildman–Crippen LogP) is 5.41. The van der Waals surface area contributed by atoms with Gasteiger partial charge in [0.05, 0.1) is 24.4 Å². The molecule has 2 aliphatic heterocycles. The van der Waals surface area contributed by atoms with Crippen molar-refractivity contribution in [3.8, 4) is 5.75 Å². The van der Waals surface area contributed by atoms with Gasteiger partial charge in [-0.25, -0.2) is 0 Å². The molecule has 0 bridgehead atoms. The van der Waals surface area contributed by atoms with E-state index in [-0.39, 0.29) is 23.7 Å². The van der Waals surface area contributed by atoms with Crippen molar-refractivity contribution in [3.05, 3.63) is 65.7 Å². The van der Waals surface area contributed by atoms with Crippen LogP contribution in [0.2, 0.25) is 0 Å². The van der Waals surface area contributed by atoms with Crippen LogP contribution in [0, 0.1) is 0 Å². The van der Waals surface area contributed by atoms with Crippen LogP contribution in [0.4, 0.5) is 0 Å². The van der Waals surface area contributed by atoms with Gasteiger partial charge in [-0.1, -0.05) is 37.3 Å². The Bertz CT molecular complexity index is 859. The van der Waals surface area contributed by atoms with Crippen molar-refractivity contribution >= 4 is 5.91 Å². The fourth-order valence-electron chi connectivity index (χ4n) is 4.91. The number of rotatable bonds is 7. The largest absolute Gasteiger partial charge is 0.494 e. The molecule has 4 rings (SSSR count). The van der Waals surface area contributed by atoms with Crippen LogP contribution in [0.1, 0.15) is 68.0 Å². The molecule has 2 aromatic rings. The molecule has 0 aromatic heterocycles. The molecule has 1 spiro atoms. The van der Waals surface area contributed by atoms with E-state index >= 15 is 0 Å². The van der Waals surface area contributed by atoms with Crippen LogP contribution in [-0.4, -0.2) is 48.8 Å². The Morgan fingerprint density at radius 2 is 1.78 bits per heavy atom. The van der Waals surface area contributed by atoms with Gasteiger partial charge in [-0.15, -0.1) is 0 Å². The normalized spacial score (nSPS) is 22.6. The van der Waals surface area contributed by atoms with E-state index in [2.05, 4.69) is 38.1 Å². The first kappa shape index (κ1) is 22.8. The molecule has 0 N–H and O–H groups in total. The highest BCUT2D eigenvalue weighted by molar-refractivity contribution is 5.94. The molecule has 0 aliphatic carbocycles. The minimum absolute atomic E-state index is 0.0411. The van der Waals surface area contributed by atoms with Crippen molar-refractivity contribution in [2.45, 2.75) is 63.8 Å². The predicted molar refractivity (Wildman–Crippen MR) is 125 cm³/mol. The third kappa shape index (κ3) is 5.33. The van der Waals surface area contributed by atoms with Crippen molar-refractivity contribution in [1.29, 1.82) is 0 Å². The van der Waals surface area contributed by atoms with Gasteiger partial charge in [0.25, 0.3) is 5.91 Å². The van der Waals surface area contributed by atoms with E-state index in [4.69, 9.17) is 14.2 Å². The number of amides is 1. The van der Waals surface area contributed by atoms with E-state index in [1.807, 2.05) is 35.2 Å². The first-order chi connectivity index (χ1) is 15.6. The Kier molecular flexibility index (Phi) is 7.48. The number of carbonyl (C=O) groups is 1. The van der Waals surface area contributed by atoms with Crippen LogP contribution in [-0.2, 0) is 9.47 Å². The van der Waals surface area contributed by atoms with Crippen molar-refractivity contribution in [1.82, 2.24) is 4.90 Å². The summed E-state index contributed by atoms with van der Waals surface area (Å²) in [6.07, 6.45) is 4.65. The highest BCUT2D eigenvalue weighted by Crippen LogP contribution is 2.44. The zero-order chi connectivity index (χ0) is 22.4. The highest BCUT2D eigenvalue weighted by atomic mass is 16.5. The SMILES string of the molecule is CCCOc1ccc(C(=O)N2CCC3(CC2)C[C@@H](OCC)C[C@@H](c2ccccc2)O3)cc1. The minimum atomic E-state index is -0.229. The molecular formula is C27H35NO4. The van der Waals surface area contributed by atoms with Crippen molar-refractivity contribution < 1.29 is 19.0 Å². The van der Waals surface area contributed by atoms with E-state index in [1.54, 1.807) is 0 Å². The zero-order valence-corrected chi connectivity index (χ0v) is 19.3. The lowest BCUT2D eigenvalue weighted by molar-refractivity contribution is -0.190. The van der Waals surface area contributed by atoms with Crippen LogP contribution in [0.5, 0.6) is 5.75 Å². The second kappa shape index (κ2) is 10.5. The van der Waals surface area contributed by atoms with Crippen molar-refractivity contribution in [2.24, 2.45) is 0 Å². The number of piperidine rings is 1. The van der Waals surface area contributed by atoms with Gasteiger partial charge in [-0.05, 0) is 56.0 Å². The van der Waals surface area contributed by atoms with Gasteiger partial charge in [0.2, 0.25) is 0 Å². The molecule has 0 saturated carbocycles. The maximum absolute atomic E-state index is 13.1. The zero-order valence-electron chi connectivity index (χ0n) is 19.3. The Hall–Kier alpha value is -2.37. The van der Waals surface area contributed by atoms with Gasteiger partial charge < -0.3 is 19.1 Å². The summed E-state index contributed by atoms with van der Waals surface area (Å²) in [6.45, 7) is 6.94. The molecular weight excluding hydrogens is 402 g/mol. The quantitative estimate of drug-likeness (QED) is 0.581. The number of carbonyl (C=O) groups excluding carboxylic acids is 1. The molecule has 1 amide bonds. The molecule has 32 heavy (non-hydrogen) atoms. The molecule has 0 radical (unpaired) electrons. The summed E-state index contributed by atoms with van der Waals surface area (Å²) in [7, 11) is 0. The molecule has 2 fully saturated rings. The molecule has 2 saturated heterocycles. The average Bonchev–Trinajstić information content (AvgIpc) is 2.84. The van der Waals surface area contributed by atoms with Crippen LogP contribution in [0.25, 0.3) is 0 Å². The van der Waals surface area contributed by atoms with Crippen LogP contribution < -0.4 is 4.74 Å². The van der Waals surface area contributed by atoms with Crippen LogP contribution in [0.3, 0.4) is 0 Å². The van der Waals surface area contributed by atoms with E-state index < -0.39 is 0 Å². The van der Waals surface area contributed by atoms with Gasteiger partial charge in [0.1, 0.15) is 5.75 Å². The minimum Gasteiger partial charge on any atom is -0.494 e. The smallest absolute Gasteiger partial charge is 0.253 e. The fourth-order valence-corrected chi connectivity index (χ4v) is 4.91. The van der Waals surface area contributed by atoms with E-state index in [9.17, 15) is 4.79 Å².